The maximum absolute atomic E-state index is 12.8. The Morgan fingerprint density at radius 3 is 2.92 bits per heavy atom. The highest BCUT2D eigenvalue weighted by Crippen LogP contribution is 2.41. The van der Waals surface area contributed by atoms with Crippen molar-refractivity contribution in [1.29, 1.82) is 5.26 Å². The van der Waals surface area contributed by atoms with E-state index in [0.717, 1.165) is 5.39 Å². The lowest BCUT2D eigenvalue weighted by atomic mass is 9.84. The van der Waals surface area contributed by atoms with E-state index in [-0.39, 0.29) is 22.9 Å². The number of aryl methyl sites for hydroxylation is 1. The quantitative estimate of drug-likeness (QED) is 0.646. The fourth-order valence-electron chi connectivity index (χ4n) is 3.25. The van der Waals surface area contributed by atoms with Crippen molar-refractivity contribution >= 4 is 10.9 Å². The summed E-state index contributed by atoms with van der Waals surface area (Å²) < 4.78 is 10.7. The molecule has 4 rings (SSSR count). The van der Waals surface area contributed by atoms with Gasteiger partial charge in [0, 0.05) is 27.7 Å². The smallest absolute Gasteiger partial charge is 0.252 e. The van der Waals surface area contributed by atoms with Gasteiger partial charge in [-0.25, -0.2) is 0 Å². The van der Waals surface area contributed by atoms with Crippen molar-refractivity contribution in [3.63, 3.8) is 0 Å². The summed E-state index contributed by atoms with van der Waals surface area (Å²) in [7, 11) is 1.57. The van der Waals surface area contributed by atoms with E-state index in [4.69, 9.17) is 15.2 Å². The number of ether oxygens (including phenoxy) is 2. The van der Waals surface area contributed by atoms with Gasteiger partial charge in [0.05, 0.1) is 13.0 Å². The number of hydrogen-bond acceptors (Lipinski definition) is 6. The third-order valence-corrected chi connectivity index (χ3v) is 4.52. The Hall–Kier alpha value is -3.73. The highest BCUT2D eigenvalue weighted by molar-refractivity contribution is 5.81. The predicted octanol–water partition coefficient (Wildman–Crippen LogP) is 1.79. The van der Waals surface area contributed by atoms with E-state index in [1.54, 1.807) is 32.2 Å². The van der Waals surface area contributed by atoms with E-state index in [1.165, 1.54) is 0 Å². The molecule has 3 heterocycles. The van der Waals surface area contributed by atoms with Crippen LogP contribution in [0.15, 0.2) is 40.5 Å². The molecule has 0 spiro atoms. The Kier molecular flexibility index (Phi) is 3.44. The van der Waals surface area contributed by atoms with Crippen LogP contribution in [0, 0.1) is 18.3 Å². The number of methoxy groups -OCH3 is 1. The molecule has 8 heteroatoms. The molecule has 0 amide bonds. The molecule has 4 N–H and O–H groups in total. The zero-order valence-electron chi connectivity index (χ0n) is 14.1. The van der Waals surface area contributed by atoms with Gasteiger partial charge >= 0.3 is 0 Å². The van der Waals surface area contributed by atoms with Gasteiger partial charge < -0.3 is 20.2 Å². The Bertz CT molecular complexity index is 1170. The topological polar surface area (TPSA) is 130 Å². The molecular weight excluding hydrogens is 334 g/mol. The largest absolute Gasteiger partial charge is 0.497 e. The highest BCUT2D eigenvalue weighted by Gasteiger charge is 2.35. The fraction of sp³-hybridized carbons (Fsp3) is 0.167. The molecule has 2 aromatic heterocycles. The zero-order chi connectivity index (χ0) is 18.4. The lowest BCUT2D eigenvalue weighted by molar-refractivity contribution is 0.378. The Labute approximate surface area is 147 Å². The van der Waals surface area contributed by atoms with Gasteiger partial charge in [-0.1, -0.05) is 0 Å². The van der Waals surface area contributed by atoms with Gasteiger partial charge in [0.1, 0.15) is 17.4 Å². The Morgan fingerprint density at radius 2 is 2.19 bits per heavy atom. The molecule has 26 heavy (non-hydrogen) atoms. The standard InChI is InChI=1S/C18H15N5O3/c1-8-14-15(12(7-19)16(20)26-18(14)23-22-8)11-6-9-5-10(25-2)3-4-13(9)21-17(11)24/h3-6,15H,20H2,1-2H3,(H,21,24)(H,22,23). The van der Waals surface area contributed by atoms with Crippen molar-refractivity contribution in [1.82, 2.24) is 15.2 Å². The number of pyridine rings is 1. The zero-order valence-corrected chi connectivity index (χ0v) is 14.1. The molecule has 0 saturated heterocycles. The van der Waals surface area contributed by atoms with E-state index >= 15 is 0 Å². The summed E-state index contributed by atoms with van der Waals surface area (Å²) in [5.41, 5.74) is 8.16. The summed E-state index contributed by atoms with van der Waals surface area (Å²) in [5.74, 6) is 0.218. The number of fused-ring (bicyclic) bond motifs is 2. The summed E-state index contributed by atoms with van der Waals surface area (Å²) in [6, 6.07) is 9.17. The minimum atomic E-state index is -0.665. The summed E-state index contributed by atoms with van der Waals surface area (Å²) in [6.45, 7) is 1.80. The molecule has 0 fully saturated rings. The fourth-order valence-corrected chi connectivity index (χ4v) is 3.25. The number of aromatic nitrogens is 3. The van der Waals surface area contributed by atoms with Crippen LogP contribution in [0.2, 0.25) is 0 Å². The number of allylic oxidation sites excluding steroid dienone is 1. The van der Waals surface area contributed by atoms with E-state index in [0.29, 0.717) is 28.1 Å². The van der Waals surface area contributed by atoms with Crippen LogP contribution in [0.3, 0.4) is 0 Å². The summed E-state index contributed by atoms with van der Waals surface area (Å²) >= 11 is 0. The number of nitriles is 1. The molecule has 3 aromatic rings. The van der Waals surface area contributed by atoms with E-state index in [9.17, 15) is 10.1 Å². The first-order valence-corrected chi connectivity index (χ1v) is 7.87. The molecule has 1 aromatic carbocycles. The second-order valence-electron chi connectivity index (χ2n) is 6.00. The third-order valence-electron chi connectivity index (χ3n) is 4.52. The number of nitrogens with one attached hydrogen (secondary N) is 2. The van der Waals surface area contributed by atoms with Crippen molar-refractivity contribution in [2.75, 3.05) is 7.11 Å². The number of hydrogen-bond donors (Lipinski definition) is 3. The number of benzene rings is 1. The molecule has 8 nitrogen and oxygen atoms in total. The lowest BCUT2D eigenvalue weighted by Gasteiger charge is -2.23. The Balaban J connectivity index is 2.01. The van der Waals surface area contributed by atoms with Crippen molar-refractivity contribution in [2.45, 2.75) is 12.8 Å². The Morgan fingerprint density at radius 1 is 1.38 bits per heavy atom. The van der Waals surface area contributed by atoms with Crippen LogP contribution in [-0.2, 0) is 0 Å². The number of nitrogens with two attached hydrogens (primary N) is 1. The molecule has 0 aliphatic carbocycles. The van der Waals surface area contributed by atoms with Gasteiger partial charge in [-0.05, 0) is 31.2 Å². The molecule has 0 saturated carbocycles. The normalized spacial score (nSPS) is 16.1. The molecule has 1 aliphatic rings. The monoisotopic (exact) mass is 349 g/mol. The van der Waals surface area contributed by atoms with Crippen LogP contribution in [0.4, 0.5) is 0 Å². The van der Waals surface area contributed by atoms with Crippen LogP contribution < -0.4 is 20.8 Å². The third kappa shape index (κ3) is 2.22. The first kappa shape index (κ1) is 15.8. The van der Waals surface area contributed by atoms with Crippen molar-refractivity contribution < 1.29 is 9.47 Å². The van der Waals surface area contributed by atoms with Crippen molar-refractivity contribution in [3.8, 4) is 17.7 Å². The summed E-state index contributed by atoms with van der Waals surface area (Å²) in [6.07, 6.45) is 0. The molecule has 0 bridgehead atoms. The van der Waals surface area contributed by atoms with Crippen LogP contribution in [0.1, 0.15) is 22.7 Å². The van der Waals surface area contributed by atoms with Gasteiger partial charge in [-0.3, -0.25) is 9.89 Å². The van der Waals surface area contributed by atoms with E-state index in [1.807, 2.05) is 6.07 Å². The minimum absolute atomic E-state index is 0.0540. The van der Waals surface area contributed by atoms with E-state index in [2.05, 4.69) is 21.3 Å². The number of nitrogens with zero attached hydrogens (tertiary/aromatic N) is 2. The lowest BCUT2D eigenvalue weighted by Crippen LogP contribution is -2.25. The molecule has 1 atom stereocenters. The average molecular weight is 349 g/mol. The molecule has 130 valence electrons. The summed E-state index contributed by atoms with van der Waals surface area (Å²) in [4.78, 5) is 15.6. The van der Waals surface area contributed by atoms with Gasteiger partial charge in [-0.2, -0.15) is 5.26 Å². The minimum Gasteiger partial charge on any atom is -0.497 e. The highest BCUT2D eigenvalue weighted by atomic mass is 16.5. The predicted molar refractivity (Wildman–Crippen MR) is 93.7 cm³/mol. The van der Waals surface area contributed by atoms with Gasteiger partial charge in [0.25, 0.3) is 5.56 Å². The number of aromatic amines is 2. The van der Waals surface area contributed by atoms with Crippen molar-refractivity contribution in [2.24, 2.45) is 5.73 Å². The van der Waals surface area contributed by atoms with Crippen LogP contribution in [0.5, 0.6) is 11.6 Å². The van der Waals surface area contributed by atoms with Gasteiger partial charge in [0.2, 0.25) is 11.8 Å². The molecule has 1 aliphatic heterocycles. The first-order chi connectivity index (χ1) is 12.5. The summed E-state index contributed by atoms with van der Waals surface area (Å²) in [5, 5.41) is 17.3. The van der Waals surface area contributed by atoms with Crippen LogP contribution >= 0.6 is 0 Å². The van der Waals surface area contributed by atoms with Crippen molar-refractivity contribution in [3.05, 3.63) is 62.9 Å². The molecule has 0 radical (unpaired) electrons. The van der Waals surface area contributed by atoms with Crippen LogP contribution in [-0.4, -0.2) is 22.3 Å². The molecule has 1 unspecified atom stereocenters. The maximum atomic E-state index is 12.8. The number of H-pyrrole nitrogens is 2. The molecular formula is C18H15N5O3. The first-order valence-electron chi connectivity index (χ1n) is 7.87. The van der Waals surface area contributed by atoms with E-state index < -0.39 is 5.92 Å². The number of rotatable bonds is 2. The van der Waals surface area contributed by atoms with Crippen LogP contribution in [0.25, 0.3) is 10.9 Å². The average Bonchev–Trinajstić information content (AvgIpc) is 3.00. The van der Waals surface area contributed by atoms with Gasteiger partial charge in [0.15, 0.2) is 0 Å². The second-order valence-corrected chi connectivity index (χ2v) is 6.00. The second kappa shape index (κ2) is 5.67. The SMILES string of the molecule is COc1ccc2[nH]c(=O)c(C3C(C#N)=C(N)Oc4n[nH]c(C)c43)cc2c1. The maximum Gasteiger partial charge on any atom is 0.252 e. The van der Waals surface area contributed by atoms with Gasteiger partial charge in [-0.15, -0.1) is 5.10 Å².